The van der Waals surface area contributed by atoms with Crippen LogP contribution in [0.1, 0.15) is 5.56 Å². The maximum atomic E-state index is 5.65. The molecule has 1 aromatic carbocycles. The van der Waals surface area contributed by atoms with Crippen LogP contribution in [0.3, 0.4) is 0 Å². The van der Waals surface area contributed by atoms with E-state index in [2.05, 4.69) is 32.6 Å². The van der Waals surface area contributed by atoms with Gasteiger partial charge in [0.2, 0.25) is 5.88 Å². The molecule has 1 aromatic heterocycles. The Labute approximate surface area is 118 Å². The van der Waals surface area contributed by atoms with E-state index in [1.54, 1.807) is 0 Å². The number of hydrogen-bond acceptors (Lipinski definition) is 4. The molecule has 0 N–H and O–H groups in total. The SMILES string of the molecule is CSc1nc(I)cc(OCc2ccccc2)n1. The van der Waals surface area contributed by atoms with Gasteiger partial charge in [-0.1, -0.05) is 42.1 Å². The van der Waals surface area contributed by atoms with Crippen LogP contribution in [0.25, 0.3) is 0 Å². The fraction of sp³-hybridized carbons (Fsp3) is 0.167. The quantitative estimate of drug-likeness (QED) is 0.363. The van der Waals surface area contributed by atoms with Crippen molar-refractivity contribution in [1.29, 1.82) is 0 Å². The van der Waals surface area contributed by atoms with Crippen LogP contribution in [0.15, 0.2) is 41.6 Å². The summed E-state index contributed by atoms with van der Waals surface area (Å²) in [4.78, 5) is 8.56. The van der Waals surface area contributed by atoms with E-state index in [-0.39, 0.29) is 0 Å². The third kappa shape index (κ3) is 3.85. The molecule has 2 aromatic rings. The highest BCUT2D eigenvalue weighted by atomic mass is 127. The third-order valence-electron chi connectivity index (χ3n) is 2.06. The average molecular weight is 358 g/mol. The number of benzene rings is 1. The lowest BCUT2D eigenvalue weighted by molar-refractivity contribution is 0.290. The molecular formula is C12H11IN2OS. The maximum absolute atomic E-state index is 5.65. The number of hydrogen-bond donors (Lipinski definition) is 0. The van der Waals surface area contributed by atoms with Crippen molar-refractivity contribution in [3.05, 3.63) is 45.7 Å². The molecule has 0 fully saturated rings. The molecule has 0 aliphatic carbocycles. The maximum Gasteiger partial charge on any atom is 0.218 e. The van der Waals surface area contributed by atoms with Gasteiger partial charge < -0.3 is 4.74 Å². The van der Waals surface area contributed by atoms with Crippen molar-refractivity contribution < 1.29 is 4.74 Å². The molecule has 0 amide bonds. The van der Waals surface area contributed by atoms with Crippen molar-refractivity contribution in [2.75, 3.05) is 6.26 Å². The zero-order valence-electron chi connectivity index (χ0n) is 9.26. The number of thioether (sulfide) groups is 1. The Morgan fingerprint density at radius 2 is 2.00 bits per heavy atom. The lowest BCUT2D eigenvalue weighted by atomic mass is 10.2. The summed E-state index contributed by atoms with van der Waals surface area (Å²) >= 11 is 3.68. The van der Waals surface area contributed by atoms with Gasteiger partial charge in [-0.3, -0.25) is 0 Å². The molecule has 0 aliphatic rings. The van der Waals surface area contributed by atoms with E-state index >= 15 is 0 Å². The first kappa shape index (κ1) is 12.6. The van der Waals surface area contributed by atoms with Gasteiger partial charge >= 0.3 is 0 Å². The Balaban J connectivity index is 2.06. The molecular weight excluding hydrogens is 347 g/mol. The number of halogens is 1. The van der Waals surface area contributed by atoms with Crippen molar-refractivity contribution in [3.8, 4) is 5.88 Å². The zero-order chi connectivity index (χ0) is 12.1. The summed E-state index contributed by atoms with van der Waals surface area (Å²) in [5, 5.41) is 0.736. The Kier molecular flexibility index (Phi) is 4.61. The van der Waals surface area contributed by atoms with Crippen LogP contribution in [0, 0.1) is 3.70 Å². The van der Waals surface area contributed by atoms with Crippen LogP contribution >= 0.6 is 34.4 Å². The Morgan fingerprint density at radius 3 is 2.71 bits per heavy atom. The minimum atomic E-state index is 0.530. The fourth-order valence-corrected chi connectivity index (χ4v) is 2.30. The van der Waals surface area contributed by atoms with Crippen molar-refractivity contribution in [1.82, 2.24) is 9.97 Å². The van der Waals surface area contributed by atoms with Crippen molar-refractivity contribution in [3.63, 3.8) is 0 Å². The minimum absolute atomic E-state index is 0.530. The van der Waals surface area contributed by atoms with E-state index in [1.807, 2.05) is 42.7 Å². The van der Waals surface area contributed by atoms with Gasteiger partial charge in [0.05, 0.1) is 0 Å². The van der Waals surface area contributed by atoms with Gasteiger partial charge in [-0.05, 0) is 34.4 Å². The van der Waals surface area contributed by atoms with Gasteiger partial charge in [0.1, 0.15) is 10.3 Å². The summed E-state index contributed by atoms with van der Waals surface area (Å²) in [6, 6.07) is 11.9. The molecule has 0 unspecified atom stereocenters. The number of nitrogens with zero attached hydrogens (tertiary/aromatic N) is 2. The molecule has 0 aliphatic heterocycles. The van der Waals surface area contributed by atoms with E-state index in [9.17, 15) is 0 Å². The van der Waals surface area contributed by atoms with Crippen LogP contribution in [-0.4, -0.2) is 16.2 Å². The molecule has 3 nitrogen and oxygen atoms in total. The van der Waals surface area contributed by atoms with Crippen LogP contribution in [0.2, 0.25) is 0 Å². The smallest absolute Gasteiger partial charge is 0.218 e. The van der Waals surface area contributed by atoms with Crippen LogP contribution in [0.4, 0.5) is 0 Å². The Morgan fingerprint density at radius 1 is 1.24 bits per heavy atom. The van der Waals surface area contributed by atoms with E-state index in [0.29, 0.717) is 12.5 Å². The van der Waals surface area contributed by atoms with Crippen LogP contribution < -0.4 is 4.74 Å². The lowest BCUT2D eigenvalue weighted by Gasteiger charge is -2.06. The van der Waals surface area contributed by atoms with Gasteiger partial charge in [-0.2, -0.15) is 4.98 Å². The summed E-state index contributed by atoms with van der Waals surface area (Å²) in [5.74, 6) is 0.623. The summed E-state index contributed by atoms with van der Waals surface area (Å²) in [6.07, 6.45) is 1.95. The lowest BCUT2D eigenvalue weighted by Crippen LogP contribution is -1.99. The van der Waals surface area contributed by atoms with Gasteiger partial charge in [-0.15, -0.1) is 0 Å². The Bertz CT molecular complexity index is 493. The summed E-state index contributed by atoms with van der Waals surface area (Å²) in [5.41, 5.74) is 1.13. The molecule has 0 saturated heterocycles. The van der Waals surface area contributed by atoms with Crippen molar-refractivity contribution >= 4 is 34.4 Å². The number of ether oxygens (including phenoxy) is 1. The highest BCUT2D eigenvalue weighted by Crippen LogP contribution is 2.17. The van der Waals surface area contributed by atoms with Gasteiger partial charge in [0.25, 0.3) is 0 Å². The third-order valence-corrected chi connectivity index (χ3v) is 3.16. The topological polar surface area (TPSA) is 35.0 Å². The standard InChI is InChI=1S/C12H11IN2OS/c1-17-12-14-10(13)7-11(15-12)16-8-9-5-3-2-4-6-9/h2-7H,8H2,1H3. The molecule has 2 rings (SSSR count). The molecule has 0 spiro atoms. The summed E-state index contributed by atoms with van der Waals surface area (Å²) < 4.78 is 6.54. The van der Waals surface area contributed by atoms with Gasteiger partial charge in [0, 0.05) is 6.07 Å². The second kappa shape index (κ2) is 6.20. The van der Waals surface area contributed by atoms with Crippen molar-refractivity contribution in [2.45, 2.75) is 11.8 Å². The molecule has 17 heavy (non-hydrogen) atoms. The van der Waals surface area contributed by atoms with Crippen molar-refractivity contribution in [2.24, 2.45) is 0 Å². The predicted molar refractivity (Wildman–Crippen MR) is 77.3 cm³/mol. The highest BCUT2D eigenvalue weighted by Gasteiger charge is 2.03. The first-order chi connectivity index (χ1) is 8.28. The molecule has 5 heteroatoms. The van der Waals surface area contributed by atoms with Gasteiger partial charge in [-0.25, -0.2) is 4.98 Å². The predicted octanol–water partition coefficient (Wildman–Crippen LogP) is 3.38. The zero-order valence-corrected chi connectivity index (χ0v) is 12.2. The first-order valence-electron chi connectivity index (χ1n) is 5.03. The molecule has 88 valence electrons. The minimum Gasteiger partial charge on any atom is -0.473 e. The molecule has 1 heterocycles. The summed E-state index contributed by atoms with van der Waals surface area (Å²) in [6.45, 7) is 0.530. The van der Waals surface area contributed by atoms with E-state index in [4.69, 9.17) is 4.74 Å². The average Bonchev–Trinajstić information content (AvgIpc) is 2.37. The van der Waals surface area contributed by atoms with E-state index in [0.717, 1.165) is 14.4 Å². The molecule has 0 bridgehead atoms. The van der Waals surface area contributed by atoms with E-state index in [1.165, 1.54) is 11.8 Å². The Hall–Kier alpha value is -0.820. The summed E-state index contributed by atoms with van der Waals surface area (Å²) in [7, 11) is 0. The second-order valence-electron chi connectivity index (χ2n) is 3.29. The highest BCUT2D eigenvalue weighted by molar-refractivity contribution is 14.1. The first-order valence-corrected chi connectivity index (χ1v) is 7.33. The normalized spacial score (nSPS) is 10.2. The number of rotatable bonds is 4. The molecule has 0 saturated carbocycles. The van der Waals surface area contributed by atoms with Crippen LogP contribution in [0.5, 0.6) is 5.88 Å². The monoisotopic (exact) mass is 358 g/mol. The largest absolute Gasteiger partial charge is 0.473 e. The fourth-order valence-electron chi connectivity index (χ4n) is 1.27. The van der Waals surface area contributed by atoms with Crippen LogP contribution in [-0.2, 0) is 6.61 Å². The molecule has 0 radical (unpaired) electrons. The number of aromatic nitrogens is 2. The second-order valence-corrected chi connectivity index (χ2v) is 5.17. The van der Waals surface area contributed by atoms with Gasteiger partial charge in [0.15, 0.2) is 5.16 Å². The molecule has 0 atom stereocenters. The van der Waals surface area contributed by atoms with E-state index < -0.39 is 0 Å².